The lowest BCUT2D eigenvalue weighted by Gasteiger charge is -2.19. The molecule has 0 saturated heterocycles. The maximum absolute atomic E-state index is 12.7. The van der Waals surface area contributed by atoms with Gasteiger partial charge in [-0.25, -0.2) is 8.42 Å². The van der Waals surface area contributed by atoms with Gasteiger partial charge in [0, 0.05) is 25.3 Å². The summed E-state index contributed by atoms with van der Waals surface area (Å²) in [5, 5.41) is 5.44. The summed E-state index contributed by atoms with van der Waals surface area (Å²) in [6.45, 7) is 6.35. The van der Waals surface area contributed by atoms with Crippen molar-refractivity contribution in [1.29, 1.82) is 0 Å². The van der Waals surface area contributed by atoms with Crippen LogP contribution in [0.4, 0.5) is 5.69 Å². The number of amides is 2. The lowest BCUT2D eigenvalue weighted by Crippen LogP contribution is -2.30. The Morgan fingerprint density at radius 2 is 1.68 bits per heavy atom. The number of anilines is 1. The lowest BCUT2D eigenvalue weighted by molar-refractivity contribution is -0.122. The number of nitrogens with zero attached hydrogens (tertiary/aromatic N) is 1. The highest BCUT2D eigenvalue weighted by atomic mass is 35.5. The van der Waals surface area contributed by atoms with Gasteiger partial charge in [-0.05, 0) is 49.4 Å². The summed E-state index contributed by atoms with van der Waals surface area (Å²) in [6.07, 6.45) is 0. The monoisotopic (exact) mass is 467 g/mol. The van der Waals surface area contributed by atoms with Gasteiger partial charge >= 0.3 is 0 Å². The van der Waals surface area contributed by atoms with E-state index in [1.807, 2.05) is 6.92 Å². The minimum atomic E-state index is -3.72. The van der Waals surface area contributed by atoms with E-state index in [-0.39, 0.29) is 28.0 Å². The second kappa shape index (κ2) is 11.1. The minimum Gasteiger partial charge on any atom is -0.484 e. The Bertz CT molecular complexity index is 1020. The van der Waals surface area contributed by atoms with Gasteiger partial charge in [0.25, 0.3) is 11.8 Å². The van der Waals surface area contributed by atoms with E-state index in [0.717, 1.165) is 0 Å². The Hall–Kier alpha value is -2.62. The highest BCUT2D eigenvalue weighted by Gasteiger charge is 2.24. The number of benzene rings is 2. The van der Waals surface area contributed by atoms with Crippen molar-refractivity contribution in [3.63, 3.8) is 0 Å². The SMILES string of the molecule is CCNC(=O)COc1ccc(NC(=O)c2cc(S(=O)(=O)N(CC)CC)ccc2Cl)cc1. The molecule has 2 amide bonds. The van der Waals surface area contributed by atoms with Crippen molar-refractivity contribution in [1.82, 2.24) is 9.62 Å². The number of sulfonamides is 1. The summed E-state index contributed by atoms with van der Waals surface area (Å²) in [7, 11) is -3.72. The number of likely N-dealkylation sites (N-methyl/N-ethyl adjacent to an activating group) is 1. The average molecular weight is 468 g/mol. The molecule has 0 bridgehead atoms. The molecule has 0 radical (unpaired) electrons. The molecule has 2 rings (SSSR count). The van der Waals surface area contributed by atoms with Crippen molar-refractivity contribution in [2.45, 2.75) is 25.7 Å². The van der Waals surface area contributed by atoms with Gasteiger partial charge in [-0.1, -0.05) is 25.4 Å². The molecule has 168 valence electrons. The first-order valence-electron chi connectivity index (χ1n) is 9.83. The molecular formula is C21H26ClN3O5S. The quantitative estimate of drug-likeness (QED) is 0.558. The van der Waals surface area contributed by atoms with Gasteiger partial charge in [-0.2, -0.15) is 4.31 Å². The molecule has 0 spiro atoms. The molecule has 0 fully saturated rings. The zero-order valence-corrected chi connectivity index (χ0v) is 19.2. The van der Waals surface area contributed by atoms with E-state index in [1.54, 1.807) is 38.1 Å². The van der Waals surface area contributed by atoms with Crippen LogP contribution >= 0.6 is 11.6 Å². The highest BCUT2D eigenvalue weighted by Crippen LogP contribution is 2.24. The number of nitrogens with one attached hydrogen (secondary N) is 2. The Labute approximate surface area is 187 Å². The van der Waals surface area contributed by atoms with Crippen LogP contribution in [0.25, 0.3) is 0 Å². The first kappa shape index (κ1) is 24.6. The molecule has 2 N–H and O–H groups in total. The Balaban J connectivity index is 2.14. The fourth-order valence-corrected chi connectivity index (χ4v) is 4.47. The maximum atomic E-state index is 12.7. The third kappa shape index (κ3) is 6.43. The topological polar surface area (TPSA) is 105 Å². The normalized spacial score (nSPS) is 11.3. The highest BCUT2D eigenvalue weighted by molar-refractivity contribution is 7.89. The van der Waals surface area contributed by atoms with Crippen molar-refractivity contribution in [2.75, 3.05) is 31.6 Å². The number of hydrogen-bond donors (Lipinski definition) is 2. The first-order chi connectivity index (χ1) is 14.7. The molecule has 0 aliphatic rings. The summed E-state index contributed by atoms with van der Waals surface area (Å²) in [6, 6.07) is 10.5. The largest absolute Gasteiger partial charge is 0.484 e. The Morgan fingerprint density at radius 1 is 1.03 bits per heavy atom. The van der Waals surface area contributed by atoms with E-state index in [9.17, 15) is 18.0 Å². The van der Waals surface area contributed by atoms with Crippen LogP contribution in [-0.2, 0) is 14.8 Å². The van der Waals surface area contributed by atoms with E-state index in [0.29, 0.717) is 31.1 Å². The molecular weight excluding hydrogens is 442 g/mol. The average Bonchev–Trinajstić information content (AvgIpc) is 2.74. The molecule has 0 atom stereocenters. The fraction of sp³-hybridized carbons (Fsp3) is 0.333. The molecule has 0 aliphatic carbocycles. The number of rotatable bonds is 10. The van der Waals surface area contributed by atoms with E-state index in [2.05, 4.69) is 10.6 Å². The number of halogens is 1. The van der Waals surface area contributed by atoms with Gasteiger partial charge < -0.3 is 15.4 Å². The number of ether oxygens (including phenoxy) is 1. The summed E-state index contributed by atoms with van der Waals surface area (Å²) in [5.41, 5.74) is 0.509. The summed E-state index contributed by atoms with van der Waals surface area (Å²) in [5.74, 6) is -0.304. The second-order valence-corrected chi connectivity index (χ2v) is 8.80. The first-order valence-corrected chi connectivity index (χ1v) is 11.6. The third-order valence-corrected chi connectivity index (χ3v) is 6.76. The Morgan fingerprint density at radius 3 is 2.26 bits per heavy atom. The molecule has 31 heavy (non-hydrogen) atoms. The molecule has 0 saturated carbocycles. The zero-order valence-electron chi connectivity index (χ0n) is 17.6. The molecule has 0 aromatic heterocycles. The fourth-order valence-electron chi connectivity index (χ4n) is 2.78. The lowest BCUT2D eigenvalue weighted by atomic mass is 10.2. The van der Waals surface area contributed by atoms with Gasteiger partial charge in [0.05, 0.1) is 15.5 Å². The van der Waals surface area contributed by atoms with Gasteiger partial charge in [-0.15, -0.1) is 0 Å². The van der Waals surface area contributed by atoms with Crippen LogP contribution in [0, 0.1) is 0 Å². The predicted octanol–water partition coefficient (Wildman–Crippen LogP) is 3.14. The molecule has 10 heteroatoms. The third-order valence-electron chi connectivity index (χ3n) is 4.38. The van der Waals surface area contributed by atoms with Crippen molar-refractivity contribution in [3.8, 4) is 5.75 Å². The molecule has 2 aromatic rings. The van der Waals surface area contributed by atoms with Crippen LogP contribution in [0.5, 0.6) is 5.75 Å². The van der Waals surface area contributed by atoms with Crippen molar-refractivity contribution in [3.05, 3.63) is 53.1 Å². The van der Waals surface area contributed by atoms with Crippen LogP contribution in [0.2, 0.25) is 5.02 Å². The summed E-state index contributed by atoms with van der Waals surface area (Å²) < 4.78 is 32.1. The van der Waals surface area contributed by atoms with Crippen LogP contribution < -0.4 is 15.4 Å². The van der Waals surface area contributed by atoms with E-state index in [1.165, 1.54) is 22.5 Å². The van der Waals surface area contributed by atoms with Gasteiger partial charge in [0.1, 0.15) is 5.75 Å². The minimum absolute atomic E-state index is 0.000135. The molecule has 0 unspecified atom stereocenters. The van der Waals surface area contributed by atoms with E-state index in [4.69, 9.17) is 16.3 Å². The summed E-state index contributed by atoms with van der Waals surface area (Å²) >= 11 is 6.15. The van der Waals surface area contributed by atoms with E-state index >= 15 is 0 Å². The summed E-state index contributed by atoms with van der Waals surface area (Å²) in [4.78, 5) is 24.2. The van der Waals surface area contributed by atoms with Crippen LogP contribution in [0.3, 0.4) is 0 Å². The van der Waals surface area contributed by atoms with Gasteiger partial charge in [-0.3, -0.25) is 9.59 Å². The molecule has 0 aliphatic heterocycles. The predicted molar refractivity (Wildman–Crippen MR) is 120 cm³/mol. The number of hydrogen-bond acceptors (Lipinski definition) is 5. The van der Waals surface area contributed by atoms with Gasteiger partial charge in [0.2, 0.25) is 10.0 Å². The molecule has 0 heterocycles. The van der Waals surface area contributed by atoms with Crippen LogP contribution in [-0.4, -0.2) is 50.8 Å². The Kier molecular flexibility index (Phi) is 8.85. The molecule has 2 aromatic carbocycles. The van der Waals surface area contributed by atoms with Crippen molar-refractivity contribution in [2.24, 2.45) is 0 Å². The maximum Gasteiger partial charge on any atom is 0.257 e. The van der Waals surface area contributed by atoms with Crippen LogP contribution in [0.1, 0.15) is 31.1 Å². The smallest absolute Gasteiger partial charge is 0.257 e. The number of carbonyl (C=O) groups excluding carboxylic acids is 2. The van der Waals surface area contributed by atoms with E-state index < -0.39 is 15.9 Å². The second-order valence-electron chi connectivity index (χ2n) is 6.45. The van der Waals surface area contributed by atoms with Crippen molar-refractivity contribution < 1.29 is 22.7 Å². The zero-order chi connectivity index (χ0) is 23.0. The van der Waals surface area contributed by atoms with Crippen LogP contribution in [0.15, 0.2) is 47.4 Å². The van der Waals surface area contributed by atoms with Crippen molar-refractivity contribution >= 4 is 39.1 Å². The number of carbonyl (C=O) groups is 2. The van der Waals surface area contributed by atoms with Gasteiger partial charge in [0.15, 0.2) is 6.61 Å². The molecule has 8 nitrogen and oxygen atoms in total. The standard InChI is InChI=1S/C21H26ClN3O5S/c1-4-23-20(26)14-30-16-9-7-15(8-10-16)24-21(27)18-13-17(11-12-19(18)22)31(28,29)25(5-2)6-3/h7-13H,4-6,14H2,1-3H3,(H,23,26)(H,24,27).